The Balaban J connectivity index is -0.000000500. The summed E-state index contributed by atoms with van der Waals surface area (Å²) >= 11 is 0. The number of carbonyl (C=O) groups excluding carboxylic acids is 1. The summed E-state index contributed by atoms with van der Waals surface area (Å²) in [6, 6.07) is 0. The normalized spacial score (nSPS) is 11.0. The predicted molar refractivity (Wildman–Crippen MR) is 49.0 cm³/mol. The van der Waals surface area contributed by atoms with Gasteiger partial charge in [0.2, 0.25) is 0 Å². The summed E-state index contributed by atoms with van der Waals surface area (Å²) in [7, 11) is 0. The van der Waals surface area contributed by atoms with Gasteiger partial charge >= 0.3 is 18.9 Å². The van der Waals surface area contributed by atoms with E-state index in [4.69, 9.17) is 0 Å². The molecule has 3 radical (unpaired) electrons. The van der Waals surface area contributed by atoms with Crippen molar-refractivity contribution < 1.29 is 28.8 Å². The molecule has 0 fully saturated rings. The molecule has 0 aliphatic carbocycles. The van der Waals surface area contributed by atoms with Crippen molar-refractivity contribution in [2.75, 3.05) is 0 Å². The van der Waals surface area contributed by atoms with E-state index in [0.717, 1.165) is 19.3 Å². The van der Waals surface area contributed by atoms with E-state index in [0.29, 0.717) is 12.8 Å². The zero-order valence-corrected chi connectivity index (χ0v) is 9.01. The Morgan fingerprint density at radius 1 is 1.31 bits per heavy atom. The van der Waals surface area contributed by atoms with Crippen molar-refractivity contribution in [1.29, 1.82) is 0 Å². The minimum absolute atomic E-state index is 0. The minimum Gasteiger partial charge on any atom is -0.846 e. The molecule has 0 saturated heterocycles. The largest absolute Gasteiger partial charge is 1.00 e. The second kappa shape index (κ2) is 12.3. The molecular weight excluding hydrogens is 158 g/mol. The molecule has 0 aromatic heterocycles. The number of carbonyl (C=O) groups is 1. The third-order valence-corrected chi connectivity index (χ3v) is 1.68. The van der Waals surface area contributed by atoms with Gasteiger partial charge in [0, 0.05) is 14.8 Å². The van der Waals surface area contributed by atoms with Crippen LogP contribution in [0.4, 0.5) is 0 Å². The molecule has 0 rings (SSSR count). The van der Waals surface area contributed by atoms with E-state index in [9.17, 15) is 9.90 Å². The first kappa shape index (κ1) is 19.0. The second-order valence-corrected chi connectivity index (χ2v) is 2.85. The molecule has 0 aliphatic rings. The molecule has 0 aliphatic heterocycles. The molecule has 69 valence electrons. The summed E-state index contributed by atoms with van der Waals surface area (Å²) in [5.74, 6) is -0.110. The maximum Gasteiger partial charge on any atom is 1.00 e. The summed E-state index contributed by atoms with van der Waals surface area (Å²) in [6.07, 6.45) is 2.70. The molecule has 2 nitrogen and oxygen atoms in total. The van der Waals surface area contributed by atoms with Crippen LogP contribution in [0.3, 0.4) is 0 Å². The Hall–Kier alpha value is 0.292. The number of Topliss-reactive ketones (excluding diaryl/α,β-unsaturated/α-hetero) is 1. The van der Waals surface area contributed by atoms with Crippen molar-refractivity contribution in [3.8, 4) is 0 Å². The first-order chi connectivity index (χ1) is 5.22. The van der Waals surface area contributed by atoms with Gasteiger partial charge in [-0.15, -0.1) is 0 Å². The van der Waals surface area contributed by atoms with Gasteiger partial charge < -0.3 is 9.90 Å². The standard InChI is InChI=1S/C9H17O2.B.Li/c1-3-5-7-9(11)8(10)6-4-2;;/h9H,3-7H2,1-2H3;;/q-1;;+1. The van der Waals surface area contributed by atoms with Crippen LogP contribution in [0.2, 0.25) is 0 Å². The molecule has 0 amide bonds. The van der Waals surface area contributed by atoms with Gasteiger partial charge in [0.15, 0.2) is 0 Å². The zero-order valence-electron chi connectivity index (χ0n) is 9.01. The molecule has 0 saturated carbocycles. The number of hydrogen-bond acceptors (Lipinski definition) is 2. The van der Waals surface area contributed by atoms with Crippen LogP contribution in [-0.4, -0.2) is 20.3 Å². The third kappa shape index (κ3) is 10.2. The van der Waals surface area contributed by atoms with E-state index in [1.54, 1.807) is 0 Å². The summed E-state index contributed by atoms with van der Waals surface area (Å²) in [6.45, 7) is 3.95. The predicted octanol–water partition coefficient (Wildman–Crippen LogP) is -2.10. The maximum absolute atomic E-state index is 11.0. The zero-order chi connectivity index (χ0) is 8.69. The fraction of sp³-hybridized carbons (Fsp3) is 0.889. The van der Waals surface area contributed by atoms with E-state index in [1.165, 1.54) is 0 Å². The Bertz CT molecular complexity index is 120. The number of rotatable bonds is 6. The molecule has 0 bridgehead atoms. The molecule has 0 N–H and O–H groups in total. The van der Waals surface area contributed by atoms with Crippen LogP contribution in [0.15, 0.2) is 0 Å². The SMILES string of the molecule is CCCCC([O-])C(=O)CCC.[B].[Li+]. The van der Waals surface area contributed by atoms with Crippen molar-refractivity contribution in [2.45, 2.75) is 52.1 Å². The Labute approximate surface area is 95.2 Å². The van der Waals surface area contributed by atoms with E-state index < -0.39 is 6.10 Å². The minimum atomic E-state index is -0.949. The molecule has 0 heterocycles. The molecule has 0 spiro atoms. The van der Waals surface area contributed by atoms with Crippen molar-refractivity contribution in [1.82, 2.24) is 0 Å². The van der Waals surface area contributed by atoms with Gasteiger partial charge in [-0.1, -0.05) is 39.2 Å². The summed E-state index contributed by atoms with van der Waals surface area (Å²) in [4.78, 5) is 10.9. The van der Waals surface area contributed by atoms with Crippen molar-refractivity contribution in [3.05, 3.63) is 0 Å². The van der Waals surface area contributed by atoms with Crippen LogP contribution >= 0.6 is 0 Å². The van der Waals surface area contributed by atoms with Gasteiger partial charge in [0.1, 0.15) is 5.78 Å². The fourth-order valence-electron chi connectivity index (χ4n) is 0.958. The van der Waals surface area contributed by atoms with Crippen molar-refractivity contribution >= 4 is 14.2 Å². The monoisotopic (exact) mass is 175 g/mol. The van der Waals surface area contributed by atoms with Crippen molar-refractivity contribution in [3.63, 3.8) is 0 Å². The molecule has 1 unspecified atom stereocenters. The molecule has 1 atom stereocenters. The molecule has 0 aromatic rings. The first-order valence-corrected chi connectivity index (χ1v) is 4.40. The molecular formula is C9H17BLiO2. The number of hydrogen-bond donors (Lipinski definition) is 0. The first-order valence-electron chi connectivity index (χ1n) is 4.40. The molecule has 0 aromatic carbocycles. The molecule has 4 heteroatoms. The Kier molecular flexibility index (Phi) is 17.9. The summed E-state index contributed by atoms with van der Waals surface area (Å²) < 4.78 is 0. The van der Waals surface area contributed by atoms with Crippen LogP contribution < -0.4 is 24.0 Å². The van der Waals surface area contributed by atoms with Gasteiger partial charge in [-0.3, -0.25) is 0 Å². The van der Waals surface area contributed by atoms with Gasteiger partial charge in [0.25, 0.3) is 0 Å². The fourth-order valence-corrected chi connectivity index (χ4v) is 0.958. The smallest absolute Gasteiger partial charge is 0.846 e. The van der Waals surface area contributed by atoms with Crippen LogP contribution in [0.5, 0.6) is 0 Å². The van der Waals surface area contributed by atoms with Gasteiger partial charge in [-0.05, 0) is 6.42 Å². The number of unbranched alkanes of at least 4 members (excludes halogenated alkanes) is 1. The van der Waals surface area contributed by atoms with Crippen molar-refractivity contribution in [2.24, 2.45) is 0 Å². The van der Waals surface area contributed by atoms with Crippen LogP contribution in [-0.2, 0) is 4.79 Å². The van der Waals surface area contributed by atoms with Crippen LogP contribution in [0.1, 0.15) is 46.0 Å². The summed E-state index contributed by atoms with van der Waals surface area (Å²) in [5.41, 5.74) is 0. The van der Waals surface area contributed by atoms with E-state index in [2.05, 4.69) is 0 Å². The van der Waals surface area contributed by atoms with Gasteiger partial charge in [-0.25, -0.2) is 0 Å². The third-order valence-electron chi connectivity index (χ3n) is 1.68. The van der Waals surface area contributed by atoms with Gasteiger partial charge in [-0.2, -0.15) is 0 Å². The average molecular weight is 175 g/mol. The Morgan fingerprint density at radius 2 is 1.85 bits per heavy atom. The van der Waals surface area contributed by atoms with Crippen LogP contribution in [0.25, 0.3) is 0 Å². The maximum atomic E-state index is 11.0. The quantitative estimate of drug-likeness (QED) is 0.434. The van der Waals surface area contributed by atoms with E-state index in [1.807, 2.05) is 13.8 Å². The van der Waals surface area contributed by atoms with Gasteiger partial charge in [0.05, 0.1) is 0 Å². The molecule has 13 heavy (non-hydrogen) atoms. The topological polar surface area (TPSA) is 40.1 Å². The Morgan fingerprint density at radius 3 is 2.23 bits per heavy atom. The van der Waals surface area contributed by atoms with E-state index in [-0.39, 0.29) is 33.1 Å². The average Bonchev–Trinajstić information content (AvgIpc) is 2.00. The second-order valence-electron chi connectivity index (χ2n) is 2.85. The number of ketones is 1. The van der Waals surface area contributed by atoms with E-state index >= 15 is 0 Å². The van der Waals surface area contributed by atoms with Crippen LogP contribution in [0, 0.1) is 0 Å². The summed E-state index contributed by atoms with van der Waals surface area (Å²) in [5, 5.41) is 11.0.